The van der Waals surface area contributed by atoms with Gasteiger partial charge in [0.05, 0.1) is 30.0 Å². The summed E-state index contributed by atoms with van der Waals surface area (Å²) in [6, 6.07) is 6.04. The smallest absolute Gasteiger partial charge is 0.334 e. The first-order valence-electron chi connectivity index (χ1n) is 11.5. The maximum absolute atomic E-state index is 13.3. The number of carbonyl (C=O) groups excluding carboxylic acids is 1. The van der Waals surface area contributed by atoms with Crippen molar-refractivity contribution in [3.63, 3.8) is 0 Å². The van der Waals surface area contributed by atoms with E-state index in [1.807, 2.05) is 0 Å². The predicted molar refractivity (Wildman–Crippen MR) is 129 cm³/mol. The Balaban J connectivity index is 1.43. The van der Waals surface area contributed by atoms with Gasteiger partial charge in [0, 0.05) is 43.4 Å². The zero-order chi connectivity index (χ0) is 25.7. The van der Waals surface area contributed by atoms with Crippen molar-refractivity contribution in [3.05, 3.63) is 66.6 Å². The van der Waals surface area contributed by atoms with E-state index >= 15 is 0 Å². The molecule has 36 heavy (non-hydrogen) atoms. The van der Waals surface area contributed by atoms with E-state index in [9.17, 15) is 24.5 Å². The lowest BCUT2D eigenvalue weighted by Gasteiger charge is -2.42. The molecular weight excluding hydrogens is 470 g/mol. The van der Waals surface area contributed by atoms with Gasteiger partial charge in [0.15, 0.2) is 11.5 Å². The second-order valence-corrected chi connectivity index (χ2v) is 9.19. The van der Waals surface area contributed by atoms with Crippen molar-refractivity contribution in [2.75, 3.05) is 27.3 Å². The normalized spacial score (nSPS) is 18.6. The van der Waals surface area contributed by atoms with E-state index in [0.29, 0.717) is 53.6 Å². The van der Waals surface area contributed by atoms with E-state index in [4.69, 9.17) is 9.47 Å². The lowest BCUT2D eigenvalue weighted by Crippen LogP contribution is -2.50. The summed E-state index contributed by atoms with van der Waals surface area (Å²) in [5.74, 6) is 0.894. The number of fused-ring (bicyclic) bond motifs is 5. The van der Waals surface area contributed by atoms with E-state index in [0.717, 1.165) is 6.42 Å². The van der Waals surface area contributed by atoms with Crippen LogP contribution in [0.4, 0.5) is 5.69 Å². The Labute approximate surface area is 204 Å². The van der Waals surface area contributed by atoms with Crippen LogP contribution >= 0.6 is 0 Å². The number of pyridine rings is 1. The van der Waals surface area contributed by atoms with Crippen LogP contribution in [0.25, 0.3) is 10.9 Å². The molecule has 0 saturated carbocycles. The van der Waals surface area contributed by atoms with Crippen LogP contribution in [0.1, 0.15) is 23.9 Å². The van der Waals surface area contributed by atoms with E-state index in [-0.39, 0.29) is 29.8 Å². The number of benzene rings is 1. The molecule has 1 amide bonds. The fraction of sp³-hybridized carbons (Fsp3) is 0.417. The molecule has 0 unspecified atom stereocenters. The van der Waals surface area contributed by atoms with Gasteiger partial charge in [-0.25, -0.2) is 4.98 Å². The highest BCUT2D eigenvalue weighted by Crippen LogP contribution is 2.36. The highest BCUT2D eigenvalue weighted by atomic mass is 16.6. The van der Waals surface area contributed by atoms with Crippen molar-refractivity contribution >= 4 is 22.5 Å². The first-order valence-corrected chi connectivity index (χ1v) is 11.5. The van der Waals surface area contributed by atoms with Crippen LogP contribution in [-0.4, -0.2) is 57.2 Å². The highest BCUT2D eigenvalue weighted by Gasteiger charge is 2.37. The Bertz CT molecular complexity index is 1530. The number of nitro groups is 1. The number of methoxy groups -OCH3 is 2. The van der Waals surface area contributed by atoms with Gasteiger partial charge in [-0.05, 0) is 31.4 Å². The fourth-order valence-electron chi connectivity index (χ4n) is 5.36. The molecule has 12 heteroatoms. The Morgan fingerprint density at radius 2 is 1.83 bits per heavy atom. The molecule has 0 aliphatic carbocycles. The van der Waals surface area contributed by atoms with E-state index < -0.39 is 16.2 Å². The summed E-state index contributed by atoms with van der Waals surface area (Å²) in [5.41, 5.74) is -0.264. The van der Waals surface area contributed by atoms with Gasteiger partial charge in [-0.3, -0.25) is 29.1 Å². The first kappa shape index (κ1) is 23.5. The number of nitrogens with zero attached hydrogens (tertiary/aromatic N) is 5. The van der Waals surface area contributed by atoms with Crippen molar-refractivity contribution in [2.24, 2.45) is 5.92 Å². The molecule has 0 N–H and O–H groups in total. The summed E-state index contributed by atoms with van der Waals surface area (Å²) < 4.78 is 13.4. The maximum atomic E-state index is 13.3. The van der Waals surface area contributed by atoms with Crippen LogP contribution in [0.5, 0.6) is 11.5 Å². The van der Waals surface area contributed by atoms with Gasteiger partial charge in [0.2, 0.25) is 5.91 Å². The second kappa shape index (κ2) is 8.77. The molecule has 12 nitrogen and oxygen atoms in total. The molecule has 1 fully saturated rings. The summed E-state index contributed by atoms with van der Waals surface area (Å²) in [6.45, 7) is 2.59. The first-order chi connectivity index (χ1) is 17.2. The van der Waals surface area contributed by atoms with Crippen molar-refractivity contribution < 1.29 is 19.2 Å². The topological polar surface area (TPSA) is 139 Å². The number of rotatable bonds is 5. The van der Waals surface area contributed by atoms with Gasteiger partial charge in [0.25, 0.3) is 5.56 Å². The molecule has 3 aromatic rings. The van der Waals surface area contributed by atoms with Crippen molar-refractivity contribution in [2.45, 2.75) is 32.4 Å². The lowest BCUT2D eigenvalue weighted by molar-refractivity contribution is -0.386. The van der Waals surface area contributed by atoms with Crippen LogP contribution in [0.2, 0.25) is 0 Å². The fourth-order valence-corrected chi connectivity index (χ4v) is 5.36. The predicted octanol–water partition coefficient (Wildman–Crippen LogP) is 1.44. The molecule has 1 saturated heterocycles. The monoisotopic (exact) mass is 495 g/mol. The number of aromatic nitrogens is 3. The molecule has 2 aromatic heterocycles. The SMILES string of the molecule is COc1cc2nc(C)n(CC(=O)N3C[C@H]4C[C@@H](C3)c3ccc([N+](=O)[O-])c(=O)n3C4)c(=O)c2cc1OC. The number of aryl methyl sites for hydroxylation is 1. The minimum absolute atomic E-state index is 0.0100. The number of carbonyl (C=O) groups is 1. The average molecular weight is 495 g/mol. The van der Waals surface area contributed by atoms with E-state index in [1.165, 1.54) is 29.4 Å². The minimum atomic E-state index is -0.667. The summed E-state index contributed by atoms with van der Waals surface area (Å²) in [4.78, 5) is 55.9. The Hall–Kier alpha value is -4.22. The van der Waals surface area contributed by atoms with Crippen molar-refractivity contribution in [1.29, 1.82) is 0 Å². The molecule has 2 aliphatic heterocycles. The molecule has 2 bridgehead atoms. The van der Waals surface area contributed by atoms with Gasteiger partial charge in [-0.15, -0.1) is 0 Å². The zero-order valence-electron chi connectivity index (χ0n) is 20.1. The van der Waals surface area contributed by atoms with Gasteiger partial charge in [0.1, 0.15) is 12.4 Å². The van der Waals surface area contributed by atoms with Gasteiger partial charge < -0.3 is 18.9 Å². The molecule has 0 radical (unpaired) electrons. The third kappa shape index (κ3) is 3.78. The number of hydrogen-bond acceptors (Lipinski definition) is 8. The molecule has 5 rings (SSSR count). The van der Waals surface area contributed by atoms with Crippen LogP contribution in [0.3, 0.4) is 0 Å². The van der Waals surface area contributed by atoms with Gasteiger partial charge in [-0.1, -0.05) is 0 Å². The standard InChI is InChI=1S/C24H25N5O7/c1-13-25-17-8-21(36-3)20(35-2)7-16(17)23(31)27(13)12-22(30)26-9-14-6-15(11-26)18-4-5-19(29(33)34)24(32)28(18)10-14/h4-5,7-8,14-15H,6,9-12H2,1-3H3/t14-,15+/m1/s1. The van der Waals surface area contributed by atoms with Gasteiger partial charge >= 0.3 is 11.2 Å². The molecule has 4 heterocycles. The maximum Gasteiger partial charge on any atom is 0.334 e. The number of hydrogen-bond donors (Lipinski definition) is 0. The highest BCUT2D eigenvalue weighted by molar-refractivity contribution is 5.83. The summed E-state index contributed by atoms with van der Waals surface area (Å²) in [6.07, 6.45) is 0.791. The molecule has 2 aliphatic rings. The molecular formula is C24H25N5O7. The summed E-state index contributed by atoms with van der Waals surface area (Å²) in [7, 11) is 2.98. The van der Waals surface area contributed by atoms with Crippen LogP contribution in [0, 0.1) is 23.0 Å². The quantitative estimate of drug-likeness (QED) is 0.383. The minimum Gasteiger partial charge on any atom is -0.493 e. The van der Waals surface area contributed by atoms with Crippen molar-refractivity contribution in [1.82, 2.24) is 19.0 Å². The number of likely N-dealkylation sites (tertiary alicyclic amines) is 1. The lowest BCUT2D eigenvalue weighted by atomic mass is 9.83. The third-order valence-electron chi connectivity index (χ3n) is 7.08. The largest absolute Gasteiger partial charge is 0.493 e. The number of piperidine rings is 1. The average Bonchev–Trinajstić information content (AvgIpc) is 2.86. The van der Waals surface area contributed by atoms with Gasteiger partial charge in [-0.2, -0.15) is 0 Å². The number of ether oxygens (including phenoxy) is 2. The Kier molecular flexibility index (Phi) is 5.73. The molecule has 188 valence electrons. The number of amides is 1. The van der Waals surface area contributed by atoms with Crippen molar-refractivity contribution in [3.8, 4) is 11.5 Å². The molecule has 2 atom stereocenters. The van der Waals surface area contributed by atoms with Crippen LogP contribution < -0.4 is 20.6 Å². The summed E-state index contributed by atoms with van der Waals surface area (Å²) >= 11 is 0. The third-order valence-corrected chi connectivity index (χ3v) is 7.08. The molecule has 1 aromatic carbocycles. The Morgan fingerprint density at radius 3 is 2.53 bits per heavy atom. The Morgan fingerprint density at radius 1 is 1.11 bits per heavy atom. The van der Waals surface area contributed by atoms with E-state index in [1.54, 1.807) is 30.0 Å². The van der Waals surface area contributed by atoms with Crippen LogP contribution in [0.15, 0.2) is 33.9 Å². The zero-order valence-corrected chi connectivity index (χ0v) is 20.1. The summed E-state index contributed by atoms with van der Waals surface area (Å²) in [5, 5.41) is 11.5. The van der Waals surface area contributed by atoms with E-state index in [2.05, 4.69) is 4.98 Å². The molecule has 0 spiro atoms. The van der Waals surface area contributed by atoms with Crippen LogP contribution in [-0.2, 0) is 17.9 Å². The second-order valence-electron chi connectivity index (χ2n) is 9.19.